The van der Waals surface area contributed by atoms with Gasteiger partial charge in [-0.25, -0.2) is 0 Å². The predicted molar refractivity (Wildman–Crippen MR) is 88.3 cm³/mol. The number of carbonyl (C=O) groups is 1. The van der Waals surface area contributed by atoms with Crippen molar-refractivity contribution in [3.63, 3.8) is 0 Å². The van der Waals surface area contributed by atoms with Gasteiger partial charge in [-0.3, -0.25) is 4.79 Å². The smallest absolute Gasteiger partial charge is 0.185 e. The molecule has 0 radical (unpaired) electrons. The first-order valence-corrected chi connectivity index (χ1v) is 7.83. The maximum atomic E-state index is 12.9. The second-order valence-electron chi connectivity index (χ2n) is 6.05. The molecule has 23 heavy (non-hydrogen) atoms. The maximum Gasteiger partial charge on any atom is 0.185 e. The molecule has 2 aliphatic heterocycles. The molecule has 2 aromatic rings. The fourth-order valence-electron chi connectivity index (χ4n) is 3.73. The summed E-state index contributed by atoms with van der Waals surface area (Å²) in [4.78, 5) is 15.0. The van der Waals surface area contributed by atoms with Crippen LogP contribution in [0.2, 0.25) is 0 Å². The van der Waals surface area contributed by atoms with Gasteiger partial charge in [-0.1, -0.05) is 54.6 Å². The topological polar surface area (TPSA) is 44.1 Å². The summed E-state index contributed by atoms with van der Waals surface area (Å²) < 4.78 is 0. The van der Waals surface area contributed by atoms with E-state index in [1.54, 1.807) is 0 Å². The fraction of sp³-hybridized carbons (Fsp3) is 0.200. The molecule has 0 unspecified atom stereocenters. The summed E-state index contributed by atoms with van der Waals surface area (Å²) >= 11 is 0. The van der Waals surface area contributed by atoms with E-state index in [-0.39, 0.29) is 23.8 Å². The molecule has 3 heteroatoms. The van der Waals surface area contributed by atoms with Gasteiger partial charge in [-0.05, 0) is 23.6 Å². The largest absolute Gasteiger partial charge is 0.359 e. The third-order valence-electron chi connectivity index (χ3n) is 4.81. The molecule has 3 nitrogen and oxygen atoms in total. The number of hydrogen-bond donors (Lipinski definition) is 0. The summed E-state index contributed by atoms with van der Waals surface area (Å²) in [5.74, 6) is -0.0730. The molecule has 1 saturated heterocycles. The van der Waals surface area contributed by atoms with Crippen LogP contribution in [0.3, 0.4) is 0 Å². The van der Waals surface area contributed by atoms with Crippen molar-refractivity contribution in [2.45, 2.75) is 18.5 Å². The summed E-state index contributed by atoms with van der Waals surface area (Å²) in [7, 11) is 0. The van der Waals surface area contributed by atoms with E-state index in [0.29, 0.717) is 12.0 Å². The average molecular weight is 300 g/mol. The number of nitriles is 1. The molecule has 1 fully saturated rings. The number of Topliss-reactive ketones (excluding diaryl/α,β-unsaturated/α-hetero) is 1. The van der Waals surface area contributed by atoms with Gasteiger partial charge in [0.1, 0.15) is 0 Å². The standard InChI is InChI=1S/C20H16N2O/c21-13-16-12-18(20(23)15-7-2-1-3-8-15)22-11-10-14-6-4-5-9-17(14)19(16)22/h1-11,16,18-19H,12H2/t16-,18+,19+/m0/s1. The zero-order valence-electron chi connectivity index (χ0n) is 12.6. The lowest BCUT2D eigenvalue weighted by molar-refractivity contribution is 0.0885. The highest BCUT2D eigenvalue weighted by molar-refractivity contribution is 6.00. The Hall–Kier alpha value is -2.86. The second kappa shape index (κ2) is 5.40. The van der Waals surface area contributed by atoms with Crippen molar-refractivity contribution >= 4 is 11.9 Å². The van der Waals surface area contributed by atoms with Crippen molar-refractivity contribution in [3.05, 3.63) is 77.5 Å². The van der Waals surface area contributed by atoms with Gasteiger partial charge in [-0.2, -0.15) is 5.26 Å². The zero-order chi connectivity index (χ0) is 15.8. The van der Waals surface area contributed by atoms with Gasteiger partial charge < -0.3 is 4.90 Å². The minimum absolute atomic E-state index is 0.0288. The predicted octanol–water partition coefficient (Wildman–Crippen LogP) is 3.81. The second-order valence-corrected chi connectivity index (χ2v) is 6.05. The lowest BCUT2D eigenvalue weighted by atomic mass is 9.89. The number of carbonyl (C=O) groups excluding carboxylic acids is 1. The van der Waals surface area contributed by atoms with Gasteiger partial charge in [-0.15, -0.1) is 0 Å². The lowest BCUT2D eigenvalue weighted by Crippen LogP contribution is -2.35. The van der Waals surface area contributed by atoms with Crippen LogP contribution in [-0.4, -0.2) is 16.7 Å². The Balaban J connectivity index is 1.74. The van der Waals surface area contributed by atoms with Gasteiger partial charge in [0.25, 0.3) is 0 Å². The molecular weight excluding hydrogens is 284 g/mol. The quantitative estimate of drug-likeness (QED) is 0.792. The molecule has 2 aromatic carbocycles. The fourth-order valence-corrected chi connectivity index (χ4v) is 3.73. The molecule has 4 rings (SSSR count). The molecule has 0 amide bonds. The van der Waals surface area contributed by atoms with Crippen LogP contribution in [0.4, 0.5) is 0 Å². The molecule has 3 atom stereocenters. The van der Waals surface area contributed by atoms with Crippen LogP contribution in [0.25, 0.3) is 6.08 Å². The van der Waals surface area contributed by atoms with Crippen molar-refractivity contribution in [2.75, 3.05) is 0 Å². The average Bonchev–Trinajstić information content (AvgIpc) is 3.01. The Morgan fingerprint density at radius 3 is 2.61 bits per heavy atom. The van der Waals surface area contributed by atoms with Gasteiger partial charge in [0.05, 0.1) is 24.1 Å². The zero-order valence-corrected chi connectivity index (χ0v) is 12.6. The van der Waals surface area contributed by atoms with Gasteiger partial charge in [0, 0.05) is 11.8 Å². The van der Waals surface area contributed by atoms with E-state index in [2.05, 4.69) is 23.1 Å². The van der Waals surface area contributed by atoms with Crippen molar-refractivity contribution in [3.8, 4) is 6.07 Å². The Morgan fingerprint density at radius 2 is 1.83 bits per heavy atom. The molecule has 2 aliphatic rings. The molecule has 2 heterocycles. The summed E-state index contributed by atoms with van der Waals surface area (Å²) in [5, 5.41) is 9.59. The minimum atomic E-state index is -0.267. The van der Waals surface area contributed by atoms with E-state index >= 15 is 0 Å². The number of rotatable bonds is 2. The number of benzene rings is 2. The van der Waals surface area contributed by atoms with E-state index in [9.17, 15) is 10.1 Å². The maximum absolute atomic E-state index is 12.9. The van der Waals surface area contributed by atoms with Crippen molar-refractivity contribution < 1.29 is 4.79 Å². The Bertz CT molecular complexity index is 819. The van der Waals surface area contributed by atoms with Crippen molar-refractivity contribution in [2.24, 2.45) is 5.92 Å². The van der Waals surface area contributed by atoms with Gasteiger partial charge in [0.15, 0.2) is 5.78 Å². The van der Waals surface area contributed by atoms with Crippen LogP contribution in [0.15, 0.2) is 60.8 Å². The molecule has 112 valence electrons. The molecule has 0 spiro atoms. The molecule has 0 saturated carbocycles. The first kappa shape index (κ1) is 13.8. The van der Waals surface area contributed by atoms with E-state index in [0.717, 1.165) is 11.1 Å². The minimum Gasteiger partial charge on any atom is -0.359 e. The number of fused-ring (bicyclic) bond motifs is 3. The summed E-state index contributed by atoms with van der Waals surface area (Å²) in [5.41, 5.74) is 2.99. The summed E-state index contributed by atoms with van der Waals surface area (Å²) in [6.07, 6.45) is 4.60. The van der Waals surface area contributed by atoms with Crippen molar-refractivity contribution in [1.82, 2.24) is 4.90 Å². The van der Waals surface area contributed by atoms with Gasteiger partial charge >= 0.3 is 0 Å². The number of hydrogen-bond acceptors (Lipinski definition) is 3. The van der Waals surface area contributed by atoms with Crippen LogP contribution < -0.4 is 0 Å². The third kappa shape index (κ3) is 2.15. The lowest BCUT2D eigenvalue weighted by Gasteiger charge is -2.33. The summed E-state index contributed by atoms with van der Waals surface area (Å²) in [6.45, 7) is 0. The molecule has 0 aromatic heterocycles. The number of nitrogens with zero attached hydrogens (tertiary/aromatic N) is 2. The Kier molecular flexibility index (Phi) is 3.24. The van der Waals surface area contributed by atoms with Gasteiger partial charge in [0.2, 0.25) is 0 Å². The molecular formula is C20H16N2O. The highest BCUT2D eigenvalue weighted by Crippen LogP contribution is 2.45. The molecule has 0 bridgehead atoms. The summed E-state index contributed by atoms with van der Waals surface area (Å²) in [6, 6.07) is 19.6. The molecule has 0 N–H and O–H groups in total. The van der Waals surface area contributed by atoms with Crippen LogP contribution in [-0.2, 0) is 0 Å². The van der Waals surface area contributed by atoms with Crippen LogP contribution in [0.1, 0.15) is 33.9 Å². The van der Waals surface area contributed by atoms with E-state index in [1.165, 1.54) is 0 Å². The van der Waals surface area contributed by atoms with Crippen molar-refractivity contribution in [1.29, 1.82) is 5.26 Å². The Labute approximate surface area is 135 Å². The SMILES string of the molecule is N#C[C@@H]1C[C@H](C(=O)c2ccccc2)N2C=Cc3ccccc3[C@@H]12. The van der Waals surface area contributed by atoms with Crippen LogP contribution >= 0.6 is 0 Å². The normalized spacial score (nSPS) is 24.7. The first-order chi connectivity index (χ1) is 11.3. The van der Waals surface area contributed by atoms with E-state index in [4.69, 9.17) is 0 Å². The van der Waals surface area contributed by atoms with E-state index in [1.807, 2.05) is 54.7 Å². The Morgan fingerprint density at radius 1 is 1.09 bits per heavy atom. The highest BCUT2D eigenvalue weighted by Gasteiger charge is 2.45. The first-order valence-electron chi connectivity index (χ1n) is 7.83. The molecule has 0 aliphatic carbocycles. The number of ketones is 1. The van der Waals surface area contributed by atoms with E-state index < -0.39 is 0 Å². The monoisotopic (exact) mass is 300 g/mol. The third-order valence-corrected chi connectivity index (χ3v) is 4.81. The van der Waals surface area contributed by atoms with Crippen LogP contribution in [0.5, 0.6) is 0 Å². The highest BCUT2D eigenvalue weighted by atomic mass is 16.1. The van der Waals surface area contributed by atoms with Crippen LogP contribution in [0, 0.1) is 17.2 Å².